The standard InChI is InChI=1S/C21H33O2.2CH3.Mo/c1-20-9-7-14(12-22)11-15(20)3-5-17-18-6-4-16(13-23)21(18,2)10-8-19(17)20;;;/h14-19,22H,3-12H2,1-2H3;2*1H3;/q3*-1;+3/t14?,15?,16-,17+,18?,19?,20+,21-;;;/m1.../s1. The van der Waals surface area contributed by atoms with Crippen LogP contribution in [-0.2, 0) is 25.9 Å². The van der Waals surface area contributed by atoms with E-state index in [-0.39, 0.29) is 47.3 Å². The van der Waals surface area contributed by atoms with Crippen molar-refractivity contribution in [3.05, 3.63) is 14.9 Å². The molecule has 0 aromatic carbocycles. The molecular weight excluding hydrogens is 404 g/mol. The Morgan fingerprint density at radius 1 is 0.923 bits per heavy atom. The molecule has 4 aliphatic carbocycles. The Morgan fingerprint density at radius 3 is 2.23 bits per heavy atom. The van der Waals surface area contributed by atoms with Crippen LogP contribution in [-0.4, -0.2) is 18.0 Å². The second-order valence-corrected chi connectivity index (χ2v) is 9.77. The third-order valence-corrected chi connectivity index (χ3v) is 9.17. The molecule has 4 aliphatic rings. The minimum atomic E-state index is 0. The number of aliphatic hydroxyl groups is 1. The molecule has 0 aliphatic heterocycles. The molecule has 4 saturated carbocycles. The van der Waals surface area contributed by atoms with Gasteiger partial charge >= 0.3 is 21.1 Å². The molecule has 0 heterocycles. The van der Waals surface area contributed by atoms with Gasteiger partial charge in [0.25, 0.3) is 0 Å². The number of hydrogen-bond acceptors (Lipinski definition) is 2. The summed E-state index contributed by atoms with van der Waals surface area (Å²) in [5.74, 6) is 4.06. The molecule has 8 atom stereocenters. The van der Waals surface area contributed by atoms with Crippen molar-refractivity contribution in [3.8, 4) is 0 Å². The summed E-state index contributed by atoms with van der Waals surface area (Å²) >= 11 is 0. The monoisotopic (exact) mass is 445 g/mol. The molecule has 0 amide bonds. The normalized spacial score (nSPS) is 49.2. The van der Waals surface area contributed by atoms with Crippen molar-refractivity contribution >= 4 is 6.29 Å². The maximum absolute atomic E-state index is 11.4. The topological polar surface area (TPSA) is 37.3 Å². The number of aliphatic hydroxyl groups excluding tert-OH is 1. The van der Waals surface area contributed by atoms with Crippen LogP contribution in [0.5, 0.6) is 0 Å². The fourth-order valence-electron chi connectivity index (χ4n) is 7.71. The molecule has 0 aromatic rings. The van der Waals surface area contributed by atoms with Gasteiger partial charge in [0.1, 0.15) is 0 Å². The van der Waals surface area contributed by atoms with Gasteiger partial charge < -0.3 is 24.8 Å². The predicted molar refractivity (Wildman–Crippen MR) is 104 cm³/mol. The average Bonchev–Trinajstić information content (AvgIpc) is 2.90. The van der Waals surface area contributed by atoms with Crippen LogP contribution in [0.2, 0.25) is 0 Å². The van der Waals surface area contributed by atoms with E-state index in [1.807, 2.05) is 0 Å². The smallest absolute Gasteiger partial charge is 0.541 e. The van der Waals surface area contributed by atoms with Crippen LogP contribution < -0.4 is 0 Å². The van der Waals surface area contributed by atoms with Gasteiger partial charge in [-0.3, -0.25) is 6.29 Å². The van der Waals surface area contributed by atoms with E-state index in [2.05, 4.69) is 20.1 Å². The first kappa shape index (κ1) is 24.4. The first-order chi connectivity index (χ1) is 11.0. The second-order valence-electron chi connectivity index (χ2n) is 9.77. The quantitative estimate of drug-likeness (QED) is 0.467. The van der Waals surface area contributed by atoms with Gasteiger partial charge in [0.05, 0.1) is 0 Å². The molecular formula is C23H39MoO2. The Morgan fingerprint density at radius 2 is 1.58 bits per heavy atom. The van der Waals surface area contributed by atoms with E-state index < -0.39 is 0 Å². The number of hydrogen-bond donors (Lipinski definition) is 1. The zero-order chi connectivity index (χ0) is 16.2. The number of carbonyl (C=O) groups excluding carboxylic acids is 1. The van der Waals surface area contributed by atoms with Crippen LogP contribution in [0, 0.1) is 61.2 Å². The van der Waals surface area contributed by atoms with Gasteiger partial charge in [-0.05, 0) is 80.0 Å². The molecule has 0 spiro atoms. The summed E-state index contributed by atoms with van der Waals surface area (Å²) in [6, 6.07) is 0. The Kier molecular flexibility index (Phi) is 8.22. The van der Waals surface area contributed by atoms with Crippen molar-refractivity contribution in [2.45, 2.75) is 71.6 Å². The maximum atomic E-state index is 11.4. The van der Waals surface area contributed by atoms with Gasteiger partial charge in [-0.2, -0.15) is 0 Å². The maximum Gasteiger partial charge on any atom is 3.00 e. The van der Waals surface area contributed by atoms with Gasteiger partial charge in [-0.25, -0.2) is 0 Å². The summed E-state index contributed by atoms with van der Waals surface area (Å²) in [7, 11) is 0. The Labute approximate surface area is 176 Å². The summed E-state index contributed by atoms with van der Waals surface area (Å²) in [6.45, 7) is 5.36. The molecule has 1 radical (unpaired) electrons. The van der Waals surface area contributed by atoms with Crippen LogP contribution in [0.3, 0.4) is 0 Å². The molecule has 4 fully saturated rings. The van der Waals surface area contributed by atoms with E-state index in [4.69, 9.17) is 0 Å². The van der Waals surface area contributed by atoms with E-state index >= 15 is 0 Å². The number of fused-ring (bicyclic) bond motifs is 5. The summed E-state index contributed by atoms with van der Waals surface area (Å²) < 4.78 is 0. The van der Waals surface area contributed by atoms with Crippen LogP contribution >= 0.6 is 0 Å². The Balaban J connectivity index is 0.00000113. The fourth-order valence-corrected chi connectivity index (χ4v) is 7.71. The first-order valence-electron chi connectivity index (χ1n) is 10.0. The number of rotatable bonds is 2. The average molecular weight is 444 g/mol. The van der Waals surface area contributed by atoms with E-state index in [1.165, 1.54) is 51.4 Å². The van der Waals surface area contributed by atoms with Crippen molar-refractivity contribution in [2.75, 3.05) is 6.61 Å². The van der Waals surface area contributed by atoms with Crippen LogP contribution in [0.1, 0.15) is 71.6 Å². The molecule has 149 valence electrons. The van der Waals surface area contributed by atoms with E-state index in [0.717, 1.165) is 30.1 Å². The summed E-state index contributed by atoms with van der Waals surface area (Å²) in [4.78, 5) is 11.4. The van der Waals surface area contributed by atoms with E-state index in [0.29, 0.717) is 17.9 Å². The first-order valence-corrected chi connectivity index (χ1v) is 10.0. The minimum absolute atomic E-state index is 0. The molecule has 4 unspecified atom stereocenters. The summed E-state index contributed by atoms with van der Waals surface area (Å²) in [5, 5.41) is 9.57. The summed E-state index contributed by atoms with van der Waals surface area (Å²) in [6.07, 6.45) is 13.8. The van der Waals surface area contributed by atoms with E-state index in [1.54, 1.807) is 0 Å². The summed E-state index contributed by atoms with van der Waals surface area (Å²) in [5.41, 5.74) is 0.743. The molecule has 4 rings (SSSR count). The predicted octanol–water partition coefficient (Wildman–Crippen LogP) is 5.26. The van der Waals surface area contributed by atoms with Crippen molar-refractivity contribution < 1.29 is 31.0 Å². The van der Waals surface area contributed by atoms with Gasteiger partial charge in [-0.15, -0.1) is 5.92 Å². The van der Waals surface area contributed by atoms with Crippen molar-refractivity contribution in [3.63, 3.8) is 0 Å². The molecule has 0 bridgehead atoms. The van der Waals surface area contributed by atoms with E-state index in [9.17, 15) is 9.90 Å². The molecule has 3 heteroatoms. The van der Waals surface area contributed by atoms with Crippen molar-refractivity contribution in [1.82, 2.24) is 0 Å². The zero-order valence-corrected chi connectivity index (χ0v) is 19.3. The third-order valence-electron chi connectivity index (χ3n) is 9.17. The zero-order valence-electron chi connectivity index (χ0n) is 17.3. The SMILES string of the molecule is C[C@]12CCC(CO)CC1CC[C@@H]1C2CC[C@@]2(C)C1CC[C@@H]2[C-]=O.[CH3-].[CH3-].[Mo+3]. The van der Waals surface area contributed by atoms with Gasteiger partial charge in [0.15, 0.2) is 0 Å². The van der Waals surface area contributed by atoms with Gasteiger partial charge in [0, 0.05) is 6.61 Å². The van der Waals surface area contributed by atoms with Crippen LogP contribution in [0.4, 0.5) is 0 Å². The van der Waals surface area contributed by atoms with Gasteiger partial charge in [0.2, 0.25) is 0 Å². The molecule has 26 heavy (non-hydrogen) atoms. The molecule has 0 saturated heterocycles. The Bertz CT molecular complexity index is 481. The molecule has 2 nitrogen and oxygen atoms in total. The van der Waals surface area contributed by atoms with Crippen molar-refractivity contribution in [2.24, 2.45) is 46.3 Å². The fraction of sp³-hybridized carbons (Fsp3) is 0.870. The molecule has 0 aromatic heterocycles. The van der Waals surface area contributed by atoms with Crippen molar-refractivity contribution in [1.29, 1.82) is 0 Å². The second kappa shape index (κ2) is 8.77. The minimum Gasteiger partial charge on any atom is -0.541 e. The molecule has 1 N–H and O–H groups in total. The Hall–Kier alpha value is 0.318. The largest absolute Gasteiger partial charge is 3.00 e. The third kappa shape index (κ3) is 3.40. The van der Waals surface area contributed by atoms with Gasteiger partial charge in [-0.1, -0.05) is 32.1 Å². The van der Waals surface area contributed by atoms with Crippen LogP contribution in [0.15, 0.2) is 0 Å². The van der Waals surface area contributed by atoms with Crippen LogP contribution in [0.25, 0.3) is 0 Å².